The van der Waals surface area contributed by atoms with Crippen LogP contribution in [0.3, 0.4) is 0 Å². The van der Waals surface area contributed by atoms with Crippen LogP contribution < -0.4 is 10.1 Å². The Morgan fingerprint density at radius 1 is 1.17 bits per heavy atom. The number of benzene rings is 2. The number of nitrogens with one attached hydrogen (secondary N) is 2. The molecule has 1 heterocycles. The molecule has 0 fully saturated rings. The Kier molecular flexibility index (Phi) is 4.85. The Balaban J connectivity index is 1.63. The quantitative estimate of drug-likeness (QED) is 0.695. The van der Waals surface area contributed by atoms with Crippen molar-refractivity contribution in [3.8, 4) is 5.75 Å². The summed E-state index contributed by atoms with van der Waals surface area (Å²) in [5.74, 6) is 1.18. The van der Waals surface area contributed by atoms with Gasteiger partial charge in [-0.3, -0.25) is 4.79 Å². The van der Waals surface area contributed by atoms with Crippen molar-refractivity contribution >= 4 is 32.9 Å². The van der Waals surface area contributed by atoms with E-state index < -0.39 is 6.10 Å². The second kappa shape index (κ2) is 7.05. The van der Waals surface area contributed by atoms with Crippen molar-refractivity contribution in [2.45, 2.75) is 26.0 Å². The van der Waals surface area contributed by atoms with Gasteiger partial charge in [0.15, 0.2) is 6.10 Å². The van der Waals surface area contributed by atoms with E-state index in [9.17, 15) is 4.79 Å². The number of fused-ring (bicyclic) bond motifs is 1. The number of rotatable bonds is 5. The molecule has 6 heteroatoms. The number of hydrogen-bond donors (Lipinski definition) is 2. The van der Waals surface area contributed by atoms with E-state index in [0.29, 0.717) is 5.75 Å². The predicted molar refractivity (Wildman–Crippen MR) is 96.9 cm³/mol. The summed E-state index contributed by atoms with van der Waals surface area (Å²) < 4.78 is 6.63. The summed E-state index contributed by atoms with van der Waals surface area (Å²) in [7, 11) is 0. The van der Waals surface area contributed by atoms with Gasteiger partial charge in [0.2, 0.25) is 0 Å². The van der Waals surface area contributed by atoms with Crippen molar-refractivity contribution in [3.05, 3.63) is 58.8 Å². The lowest BCUT2D eigenvalue weighted by Gasteiger charge is -2.17. The van der Waals surface area contributed by atoms with E-state index in [1.165, 1.54) is 0 Å². The van der Waals surface area contributed by atoms with E-state index in [0.717, 1.165) is 21.3 Å². The highest BCUT2D eigenvalue weighted by Crippen LogP contribution is 2.18. The SMILES string of the molecule is CC(Oc1ccc(Br)cc1)C(=O)N[C@@H](C)c1nc2ccccc2[nH]1. The summed E-state index contributed by atoms with van der Waals surface area (Å²) in [4.78, 5) is 20.1. The van der Waals surface area contributed by atoms with Gasteiger partial charge >= 0.3 is 0 Å². The van der Waals surface area contributed by atoms with Crippen LogP contribution in [0.4, 0.5) is 0 Å². The maximum absolute atomic E-state index is 12.3. The Labute approximate surface area is 148 Å². The standard InChI is InChI=1S/C18H18BrN3O2/c1-11(17-21-15-5-3-4-6-16(15)22-17)20-18(23)12(2)24-14-9-7-13(19)8-10-14/h3-12H,1-2H3,(H,20,23)(H,21,22)/t11-,12?/m0/s1. The minimum atomic E-state index is -0.599. The Hall–Kier alpha value is -2.34. The van der Waals surface area contributed by atoms with Crippen molar-refractivity contribution in [3.63, 3.8) is 0 Å². The van der Waals surface area contributed by atoms with Crippen LogP contribution in [-0.2, 0) is 4.79 Å². The fraction of sp³-hybridized carbons (Fsp3) is 0.222. The van der Waals surface area contributed by atoms with E-state index in [-0.39, 0.29) is 11.9 Å². The largest absolute Gasteiger partial charge is 0.481 e. The molecule has 2 atom stereocenters. The highest BCUT2D eigenvalue weighted by molar-refractivity contribution is 9.10. The summed E-state index contributed by atoms with van der Waals surface area (Å²) in [6.45, 7) is 3.62. The van der Waals surface area contributed by atoms with Gasteiger partial charge in [-0.25, -0.2) is 4.98 Å². The van der Waals surface area contributed by atoms with Crippen LogP contribution in [0, 0.1) is 0 Å². The number of aromatic amines is 1. The number of carbonyl (C=O) groups is 1. The van der Waals surface area contributed by atoms with Crippen LogP contribution in [0.2, 0.25) is 0 Å². The van der Waals surface area contributed by atoms with Crippen molar-refractivity contribution in [1.82, 2.24) is 15.3 Å². The third-order valence-electron chi connectivity index (χ3n) is 3.67. The fourth-order valence-corrected chi connectivity index (χ4v) is 2.61. The second-order valence-corrected chi connectivity index (χ2v) is 6.50. The summed E-state index contributed by atoms with van der Waals surface area (Å²) in [6, 6.07) is 14.9. The van der Waals surface area contributed by atoms with Gasteiger partial charge < -0.3 is 15.0 Å². The number of imidazole rings is 1. The number of hydrogen-bond acceptors (Lipinski definition) is 3. The van der Waals surface area contributed by atoms with Crippen LogP contribution in [0.5, 0.6) is 5.75 Å². The zero-order valence-electron chi connectivity index (χ0n) is 13.4. The number of H-pyrrole nitrogens is 1. The van der Waals surface area contributed by atoms with Gasteiger partial charge in [-0.1, -0.05) is 28.1 Å². The molecule has 1 unspecified atom stereocenters. The first-order chi connectivity index (χ1) is 11.5. The van der Waals surface area contributed by atoms with E-state index >= 15 is 0 Å². The molecule has 0 bridgehead atoms. The van der Waals surface area contributed by atoms with Gasteiger partial charge in [0.05, 0.1) is 17.1 Å². The van der Waals surface area contributed by atoms with Crippen LogP contribution in [-0.4, -0.2) is 22.0 Å². The van der Waals surface area contributed by atoms with Gasteiger partial charge in [0.1, 0.15) is 11.6 Å². The normalized spacial score (nSPS) is 13.5. The molecule has 0 radical (unpaired) electrons. The molecule has 3 rings (SSSR count). The molecular formula is C18H18BrN3O2. The molecule has 0 spiro atoms. The molecule has 0 aliphatic carbocycles. The monoisotopic (exact) mass is 387 g/mol. The molecule has 124 valence electrons. The topological polar surface area (TPSA) is 67.0 Å². The van der Waals surface area contributed by atoms with Crippen molar-refractivity contribution in [2.75, 3.05) is 0 Å². The molecule has 3 aromatic rings. The average Bonchev–Trinajstić information content (AvgIpc) is 3.01. The Bertz CT molecular complexity index is 812. The maximum Gasteiger partial charge on any atom is 0.261 e. The van der Waals surface area contributed by atoms with Gasteiger partial charge in [-0.15, -0.1) is 0 Å². The second-order valence-electron chi connectivity index (χ2n) is 5.58. The maximum atomic E-state index is 12.3. The average molecular weight is 388 g/mol. The number of aromatic nitrogens is 2. The first kappa shape index (κ1) is 16.5. The third-order valence-corrected chi connectivity index (χ3v) is 4.20. The van der Waals surface area contributed by atoms with Gasteiger partial charge in [-0.05, 0) is 50.2 Å². The number of para-hydroxylation sites is 2. The summed E-state index contributed by atoms with van der Waals surface area (Å²) in [5.41, 5.74) is 1.83. The summed E-state index contributed by atoms with van der Waals surface area (Å²) >= 11 is 3.37. The molecular weight excluding hydrogens is 370 g/mol. The predicted octanol–water partition coefficient (Wildman–Crippen LogP) is 3.97. The van der Waals surface area contributed by atoms with Gasteiger partial charge in [-0.2, -0.15) is 0 Å². The zero-order chi connectivity index (χ0) is 17.1. The molecule has 2 N–H and O–H groups in total. The lowest BCUT2D eigenvalue weighted by Crippen LogP contribution is -2.38. The highest BCUT2D eigenvalue weighted by atomic mass is 79.9. The summed E-state index contributed by atoms with van der Waals surface area (Å²) in [6.07, 6.45) is -0.599. The smallest absolute Gasteiger partial charge is 0.261 e. The molecule has 0 saturated heterocycles. The van der Waals surface area contributed by atoms with E-state index in [1.54, 1.807) is 6.92 Å². The molecule has 0 aliphatic rings. The van der Waals surface area contributed by atoms with E-state index in [1.807, 2.05) is 55.5 Å². The lowest BCUT2D eigenvalue weighted by molar-refractivity contribution is -0.128. The Morgan fingerprint density at radius 3 is 2.58 bits per heavy atom. The molecule has 1 amide bonds. The molecule has 0 aliphatic heterocycles. The molecule has 0 saturated carbocycles. The number of halogens is 1. The fourth-order valence-electron chi connectivity index (χ4n) is 2.35. The third kappa shape index (κ3) is 3.76. The Morgan fingerprint density at radius 2 is 1.88 bits per heavy atom. The molecule has 5 nitrogen and oxygen atoms in total. The van der Waals surface area contributed by atoms with Crippen molar-refractivity contribution in [1.29, 1.82) is 0 Å². The number of carbonyl (C=O) groups excluding carboxylic acids is 1. The van der Waals surface area contributed by atoms with Crippen molar-refractivity contribution in [2.24, 2.45) is 0 Å². The van der Waals surface area contributed by atoms with Crippen molar-refractivity contribution < 1.29 is 9.53 Å². The first-order valence-electron chi connectivity index (χ1n) is 7.70. The van der Waals surface area contributed by atoms with Crippen LogP contribution in [0.1, 0.15) is 25.7 Å². The molecule has 2 aromatic carbocycles. The summed E-state index contributed by atoms with van der Waals surface area (Å²) in [5, 5.41) is 2.92. The minimum Gasteiger partial charge on any atom is -0.481 e. The molecule has 1 aromatic heterocycles. The minimum absolute atomic E-state index is 0.189. The highest BCUT2D eigenvalue weighted by Gasteiger charge is 2.19. The first-order valence-corrected chi connectivity index (χ1v) is 8.49. The number of ether oxygens (including phenoxy) is 1. The number of nitrogens with zero attached hydrogens (tertiary/aromatic N) is 1. The lowest BCUT2D eigenvalue weighted by atomic mass is 10.2. The zero-order valence-corrected chi connectivity index (χ0v) is 15.0. The van der Waals surface area contributed by atoms with E-state index in [4.69, 9.17) is 4.74 Å². The molecule has 24 heavy (non-hydrogen) atoms. The van der Waals surface area contributed by atoms with Crippen LogP contribution in [0.15, 0.2) is 53.0 Å². The number of amides is 1. The van der Waals surface area contributed by atoms with Gasteiger partial charge in [0.25, 0.3) is 5.91 Å². The van der Waals surface area contributed by atoms with Crippen LogP contribution >= 0.6 is 15.9 Å². The van der Waals surface area contributed by atoms with E-state index in [2.05, 4.69) is 31.2 Å². The van der Waals surface area contributed by atoms with Crippen LogP contribution in [0.25, 0.3) is 11.0 Å². The van der Waals surface area contributed by atoms with Gasteiger partial charge in [0, 0.05) is 4.47 Å².